The lowest BCUT2D eigenvalue weighted by atomic mass is 10.1. The first-order valence-electron chi connectivity index (χ1n) is 5.57. The summed E-state index contributed by atoms with van der Waals surface area (Å²) in [5, 5.41) is 3.59. The Morgan fingerprint density at radius 3 is 3.27 bits per heavy atom. The van der Waals surface area contributed by atoms with Crippen molar-refractivity contribution in [2.24, 2.45) is 5.92 Å². The molecular weight excluding hydrogens is 204 g/mol. The van der Waals surface area contributed by atoms with Crippen LogP contribution in [0.1, 0.15) is 24.9 Å². The average Bonchev–Trinajstić information content (AvgIpc) is 2.80. The van der Waals surface area contributed by atoms with Gasteiger partial charge in [-0.25, -0.2) is 0 Å². The van der Waals surface area contributed by atoms with Gasteiger partial charge in [-0.2, -0.15) is 11.8 Å². The predicted octanol–water partition coefficient (Wildman–Crippen LogP) is 2.49. The van der Waals surface area contributed by atoms with E-state index in [4.69, 9.17) is 0 Å². The van der Waals surface area contributed by atoms with Crippen LogP contribution >= 0.6 is 11.8 Å². The van der Waals surface area contributed by atoms with Gasteiger partial charge in [0.25, 0.3) is 0 Å². The Hall–Kier alpha value is -0.540. The largest absolute Gasteiger partial charge is 0.310 e. The third kappa shape index (κ3) is 3.21. The van der Waals surface area contributed by atoms with Crippen LogP contribution in [-0.4, -0.2) is 23.0 Å². The van der Waals surface area contributed by atoms with E-state index in [0.717, 1.165) is 12.5 Å². The van der Waals surface area contributed by atoms with Crippen LogP contribution in [0.3, 0.4) is 0 Å². The number of nitrogens with zero attached hydrogens (tertiary/aromatic N) is 1. The first-order valence-corrected chi connectivity index (χ1v) is 6.73. The van der Waals surface area contributed by atoms with Crippen LogP contribution in [0.5, 0.6) is 0 Å². The molecule has 1 aromatic heterocycles. The van der Waals surface area contributed by atoms with Crippen LogP contribution in [0.2, 0.25) is 0 Å². The molecule has 3 heteroatoms. The van der Waals surface area contributed by atoms with E-state index < -0.39 is 0 Å². The Morgan fingerprint density at radius 2 is 2.60 bits per heavy atom. The zero-order chi connectivity index (χ0) is 10.5. The second-order valence-electron chi connectivity index (χ2n) is 4.15. The monoisotopic (exact) mass is 222 g/mol. The van der Waals surface area contributed by atoms with E-state index in [1.807, 2.05) is 18.5 Å². The minimum absolute atomic E-state index is 0.421. The highest BCUT2D eigenvalue weighted by Gasteiger charge is 2.16. The summed E-state index contributed by atoms with van der Waals surface area (Å²) in [6, 6.07) is 4.55. The van der Waals surface area contributed by atoms with E-state index >= 15 is 0 Å². The van der Waals surface area contributed by atoms with Gasteiger partial charge in [0.1, 0.15) is 0 Å². The van der Waals surface area contributed by atoms with Gasteiger partial charge < -0.3 is 5.32 Å². The molecule has 2 atom stereocenters. The molecule has 1 fully saturated rings. The fraction of sp³-hybridized carbons (Fsp3) is 0.583. The standard InChI is InChI=1S/C12H18N2S/c1-10(12-3-2-5-13-8-12)14-7-11-4-6-15-9-11/h2-3,5,8,10-11,14H,4,6-7,9H2,1H3. The highest BCUT2D eigenvalue weighted by atomic mass is 32.2. The Bertz CT molecular complexity index is 283. The lowest BCUT2D eigenvalue weighted by Crippen LogP contribution is -2.25. The highest BCUT2D eigenvalue weighted by molar-refractivity contribution is 7.99. The smallest absolute Gasteiger partial charge is 0.0315 e. The highest BCUT2D eigenvalue weighted by Crippen LogP contribution is 2.23. The van der Waals surface area contributed by atoms with Crippen molar-refractivity contribution in [3.63, 3.8) is 0 Å². The third-order valence-electron chi connectivity index (χ3n) is 2.92. The van der Waals surface area contributed by atoms with Gasteiger partial charge in [0, 0.05) is 18.4 Å². The molecule has 82 valence electrons. The van der Waals surface area contributed by atoms with E-state index in [9.17, 15) is 0 Å². The number of thioether (sulfide) groups is 1. The molecule has 0 saturated carbocycles. The Labute approximate surface area is 95.9 Å². The van der Waals surface area contributed by atoms with Crippen LogP contribution in [0.25, 0.3) is 0 Å². The number of hydrogen-bond acceptors (Lipinski definition) is 3. The molecule has 2 nitrogen and oxygen atoms in total. The van der Waals surface area contributed by atoms with Gasteiger partial charge in [0.2, 0.25) is 0 Å². The fourth-order valence-electron chi connectivity index (χ4n) is 1.84. The van der Waals surface area contributed by atoms with Gasteiger partial charge in [0.05, 0.1) is 0 Å². The van der Waals surface area contributed by atoms with E-state index in [2.05, 4.69) is 35.1 Å². The summed E-state index contributed by atoms with van der Waals surface area (Å²) in [7, 11) is 0. The molecule has 1 aliphatic heterocycles. The minimum Gasteiger partial charge on any atom is -0.310 e. The molecular formula is C12H18N2S. The first kappa shape index (κ1) is 11.0. The van der Waals surface area contributed by atoms with E-state index in [1.165, 1.54) is 23.5 Å². The van der Waals surface area contributed by atoms with E-state index in [-0.39, 0.29) is 0 Å². The summed E-state index contributed by atoms with van der Waals surface area (Å²) in [6.45, 7) is 3.35. The molecule has 2 rings (SSSR count). The van der Waals surface area contributed by atoms with Crippen molar-refractivity contribution in [2.45, 2.75) is 19.4 Å². The van der Waals surface area contributed by atoms with Gasteiger partial charge in [-0.15, -0.1) is 0 Å². The van der Waals surface area contributed by atoms with Crippen molar-refractivity contribution >= 4 is 11.8 Å². The number of pyridine rings is 1. The summed E-state index contributed by atoms with van der Waals surface area (Å²) in [4.78, 5) is 4.14. The summed E-state index contributed by atoms with van der Waals surface area (Å²) in [6.07, 6.45) is 5.14. The number of aromatic nitrogens is 1. The van der Waals surface area contributed by atoms with Gasteiger partial charge >= 0.3 is 0 Å². The van der Waals surface area contributed by atoms with Crippen LogP contribution < -0.4 is 5.32 Å². The van der Waals surface area contributed by atoms with Crippen molar-refractivity contribution in [1.29, 1.82) is 0 Å². The van der Waals surface area contributed by atoms with Crippen molar-refractivity contribution in [2.75, 3.05) is 18.1 Å². The van der Waals surface area contributed by atoms with Crippen molar-refractivity contribution in [3.8, 4) is 0 Å². The lowest BCUT2D eigenvalue weighted by Gasteiger charge is -2.16. The lowest BCUT2D eigenvalue weighted by molar-refractivity contribution is 0.477. The molecule has 0 spiro atoms. The fourth-order valence-corrected chi connectivity index (χ4v) is 3.12. The number of rotatable bonds is 4. The minimum atomic E-state index is 0.421. The summed E-state index contributed by atoms with van der Waals surface area (Å²) >= 11 is 2.08. The summed E-state index contributed by atoms with van der Waals surface area (Å²) in [5.41, 5.74) is 1.28. The Morgan fingerprint density at radius 1 is 1.67 bits per heavy atom. The third-order valence-corrected chi connectivity index (χ3v) is 4.15. The molecule has 1 saturated heterocycles. The summed E-state index contributed by atoms with van der Waals surface area (Å²) < 4.78 is 0. The number of nitrogens with one attached hydrogen (secondary N) is 1. The van der Waals surface area contributed by atoms with Crippen LogP contribution in [-0.2, 0) is 0 Å². The topological polar surface area (TPSA) is 24.9 Å². The van der Waals surface area contributed by atoms with Gasteiger partial charge in [-0.1, -0.05) is 6.07 Å². The van der Waals surface area contributed by atoms with E-state index in [1.54, 1.807) is 0 Å². The Kier molecular flexibility index (Phi) is 4.03. The van der Waals surface area contributed by atoms with Crippen LogP contribution in [0, 0.1) is 5.92 Å². The molecule has 0 aromatic carbocycles. The first-order chi connectivity index (χ1) is 7.36. The maximum Gasteiger partial charge on any atom is 0.0315 e. The normalized spacial score (nSPS) is 22.9. The molecule has 2 unspecified atom stereocenters. The van der Waals surface area contributed by atoms with E-state index in [0.29, 0.717) is 6.04 Å². The Balaban J connectivity index is 1.79. The van der Waals surface area contributed by atoms with Gasteiger partial charge in [0.15, 0.2) is 0 Å². The molecule has 0 radical (unpaired) electrons. The quantitative estimate of drug-likeness (QED) is 0.847. The molecule has 0 aliphatic carbocycles. The maximum atomic E-state index is 4.14. The molecule has 0 amide bonds. The van der Waals surface area contributed by atoms with Crippen molar-refractivity contribution in [3.05, 3.63) is 30.1 Å². The predicted molar refractivity (Wildman–Crippen MR) is 66.1 cm³/mol. The second kappa shape index (κ2) is 5.52. The molecule has 2 heterocycles. The molecule has 15 heavy (non-hydrogen) atoms. The van der Waals surface area contributed by atoms with Crippen LogP contribution in [0.15, 0.2) is 24.5 Å². The van der Waals surface area contributed by atoms with Gasteiger partial charge in [-0.3, -0.25) is 4.98 Å². The molecule has 1 aliphatic rings. The molecule has 1 aromatic rings. The maximum absolute atomic E-state index is 4.14. The van der Waals surface area contributed by atoms with Crippen molar-refractivity contribution in [1.82, 2.24) is 10.3 Å². The van der Waals surface area contributed by atoms with Crippen molar-refractivity contribution < 1.29 is 0 Å². The molecule has 0 bridgehead atoms. The molecule has 1 N–H and O–H groups in total. The average molecular weight is 222 g/mol. The zero-order valence-corrected chi connectivity index (χ0v) is 9.96. The second-order valence-corrected chi connectivity index (χ2v) is 5.30. The number of hydrogen-bond donors (Lipinski definition) is 1. The van der Waals surface area contributed by atoms with Gasteiger partial charge in [-0.05, 0) is 48.9 Å². The zero-order valence-electron chi connectivity index (χ0n) is 9.15. The van der Waals surface area contributed by atoms with Crippen LogP contribution in [0.4, 0.5) is 0 Å². The summed E-state index contributed by atoms with van der Waals surface area (Å²) in [5.74, 6) is 3.54. The SMILES string of the molecule is CC(NCC1CCSC1)c1cccnc1.